The highest BCUT2D eigenvalue weighted by Gasteiger charge is 2.27. The third kappa shape index (κ3) is 46.2. The molecule has 0 fully saturated rings. The van der Waals surface area contributed by atoms with Crippen molar-refractivity contribution in [3.8, 4) is 0 Å². The van der Waals surface area contributed by atoms with Gasteiger partial charge in [0.15, 0.2) is 6.10 Å². The van der Waals surface area contributed by atoms with E-state index in [1.807, 2.05) is 21.1 Å². The predicted octanol–water partition coefficient (Wildman–Crippen LogP) is 13.9. The van der Waals surface area contributed by atoms with E-state index in [1.54, 1.807) is 0 Å². The SMILES string of the molecule is CC/C=C/C/C=C/C/C=C/C/C=C/C/C=C/CCCCCC(=O)OC[C@H](COP(=O)(O)OCC[N+](C)(C)C)OC(=O)CCCCC/C=C/C/C=C/C/C=C/C/C=C/CCCCC. The lowest BCUT2D eigenvalue weighted by atomic mass is 10.1. The number of esters is 2. The lowest BCUT2D eigenvalue weighted by Gasteiger charge is -2.24. The Kier molecular flexibility index (Phi) is 40.6. The average molecular weight is 885 g/mol. The van der Waals surface area contributed by atoms with Crippen molar-refractivity contribution in [2.24, 2.45) is 0 Å². The van der Waals surface area contributed by atoms with Crippen LogP contribution in [0.1, 0.15) is 155 Å². The van der Waals surface area contributed by atoms with Crippen LogP contribution in [0, 0.1) is 0 Å². The second kappa shape index (κ2) is 42.9. The van der Waals surface area contributed by atoms with Crippen LogP contribution in [0.3, 0.4) is 0 Å². The summed E-state index contributed by atoms with van der Waals surface area (Å²) in [7, 11) is 1.41. The zero-order chi connectivity index (χ0) is 45.7. The van der Waals surface area contributed by atoms with Crippen molar-refractivity contribution < 1.29 is 42.1 Å². The zero-order valence-electron chi connectivity index (χ0n) is 39.6. The molecule has 0 saturated carbocycles. The van der Waals surface area contributed by atoms with E-state index < -0.39 is 32.5 Å². The highest BCUT2D eigenvalue weighted by molar-refractivity contribution is 7.47. The molecule has 2 atom stereocenters. The number of carbonyl (C=O) groups excluding carboxylic acids is 2. The average Bonchev–Trinajstić information content (AvgIpc) is 3.23. The fourth-order valence-corrected chi connectivity index (χ4v) is 6.35. The van der Waals surface area contributed by atoms with Gasteiger partial charge in [0, 0.05) is 12.8 Å². The van der Waals surface area contributed by atoms with E-state index in [4.69, 9.17) is 18.5 Å². The number of quaternary nitrogens is 1. The Labute approximate surface area is 378 Å². The maximum atomic E-state index is 12.7. The van der Waals surface area contributed by atoms with Gasteiger partial charge in [0.25, 0.3) is 0 Å². The van der Waals surface area contributed by atoms with Gasteiger partial charge in [-0.3, -0.25) is 18.6 Å². The van der Waals surface area contributed by atoms with Gasteiger partial charge in [-0.25, -0.2) is 4.57 Å². The van der Waals surface area contributed by atoms with Crippen molar-refractivity contribution in [3.63, 3.8) is 0 Å². The summed E-state index contributed by atoms with van der Waals surface area (Å²) in [6.45, 7) is 4.18. The minimum atomic E-state index is -4.40. The van der Waals surface area contributed by atoms with Gasteiger partial charge in [-0.2, -0.15) is 0 Å². The summed E-state index contributed by atoms with van der Waals surface area (Å²) in [4.78, 5) is 35.5. The number of hydrogen-bond donors (Lipinski definition) is 1. The van der Waals surface area contributed by atoms with Gasteiger partial charge in [-0.15, -0.1) is 0 Å². The molecule has 1 N–H and O–H groups in total. The Morgan fingerprint density at radius 1 is 0.516 bits per heavy atom. The van der Waals surface area contributed by atoms with E-state index in [1.165, 1.54) is 25.7 Å². The number of likely N-dealkylation sites (N-methyl/N-ethyl adjacent to an activating group) is 1. The van der Waals surface area contributed by atoms with Crippen LogP contribution in [0.25, 0.3) is 0 Å². The van der Waals surface area contributed by atoms with Crippen molar-refractivity contribution in [2.45, 2.75) is 161 Å². The highest BCUT2D eigenvalue weighted by Crippen LogP contribution is 2.43. The van der Waals surface area contributed by atoms with Crippen molar-refractivity contribution in [2.75, 3.05) is 47.5 Å². The van der Waals surface area contributed by atoms with Crippen LogP contribution in [-0.2, 0) is 32.7 Å². The highest BCUT2D eigenvalue weighted by atomic mass is 31.2. The normalized spacial score (nSPS) is 14.5. The maximum absolute atomic E-state index is 12.7. The molecule has 0 radical (unpaired) electrons. The molecule has 0 saturated heterocycles. The molecule has 352 valence electrons. The molecule has 62 heavy (non-hydrogen) atoms. The number of phosphoric ester groups is 1. The van der Waals surface area contributed by atoms with Crippen LogP contribution in [-0.4, -0.2) is 74.9 Å². The van der Waals surface area contributed by atoms with Crippen molar-refractivity contribution in [3.05, 3.63) is 109 Å². The van der Waals surface area contributed by atoms with Crippen LogP contribution < -0.4 is 0 Å². The first kappa shape index (κ1) is 58.7. The van der Waals surface area contributed by atoms with Gasteiger partial charge in [-0.1, -0.05) is 149 Å². The first-order valence-corrected chi connectivity index (χ1v) is 25.1. The van der Waals surface area contributed by atoms with Gasteiger partial charge < -0.3 is 18.9 Å². The first-order chi connectivity index (χ1) is 30.0. The molecule has 0 rings (SSSR count). The Balaban J connectivity index is 4.48. The quantitative estimate of drug-likeness (QED) is 0.0213. The molecule has 10 heteroatoms. The van der Waals surface area contributed by atoms with E-state index in [0.29, 0.717) is 23.9 Å². The molecule has 0 aromatic heterocycles. The lowest BCUT2D eigenvalue weighted by Crippen LogP contribution is -2.37. The molecule has 9 nitrogen and oxygen atoms in total. The van der Waals surface area contributed by atoms with Crippen LogP contribution >= 0.6 is 7.82 Å². The van der Waals surface area contributed by atoms with Gasteiger partial charge in [0.05, 0.1) is 27.7 Å². The summed E-state index contributed by atoms with van der Waals surface area (Å²) in [6.07, 6.45) is 58.5. The van der Waals surface area contributed by atoms with Crippen LogP contribution in [0.4, 0.5) is 0 Å². The smallest absolute Gasteiger partial charge is 0.462 e. The summed E-state index contributed by atoms with van der Waals surface area (Å²) < 4.78 is 34.3. The topological polar surface area (TPSA) is 108 Å². The van der Waals surface area contributed by atoms with Crippen LogP contribution in [0.2, 0.25) is 0 Å². The summed E-state index contributed by atoms with van der Waals surface area (Å²) in [5.74, 6) is -0.884. The molecule has 0 aromatic carbocycles. The number of unbranched alkanes of at least 4 members (excludes halogenated alkanes) is 9. The van der Waals surface area contributed by atoms with Gasteiger partial charge in [-0.05, 0) is 103 Å². The fourth-order valence-electron chi connectivity index (χ4n) is 5.61. The predicted molar refractivity (Wildman–Crippen MR) is 261 cm³/mol. The molecule has 0 heterocycles. The molecule has 0 aliphatic heterocycles. The summed E-state index contributed by atoms with van der Waals surface area (Å²) in [5, 5.41) is 0. The minimum absolute atomic E-state index is 0.0128. The number of allylic oxidation sites excluding steroid dienone is 18. The summed E-state index contributed by atoms with van der Waals surface area (Å²) in [6, 6.07) is 0. The largest absolute Gasteiger partial charge is 0.472 e. The number of rotatable bonds is 41. The molecule has 1 unspecified atom stereocenters. The van der Waals surface area contributed by atoms with E-state index in [2.05, 4.69) is 123 Å². The number of nitrogens with zero attached hydrogens (tertiary/aromatic N) is 1. The van der Waals surface area contributed by atoms with Gasteiger partial charge in [0.1, 0.15) is 19.8 Å². The van der Waals surface area contributed by atoms with E-state index in [0.717, 1.165) is 89.9 Å². The standard InChI is InChI=1S/C52H86NO8P/c1-6-8-10-12-14-16-18-20-22-24-26-28-30-32-34-36-38-40-42-44-51(54)58-48-50(49-60-62(56,57)59-47-46-53(3,4)5)61-52(55)45-43-41-39-37-35-33-31-29-27-25-23-21-19-17-15-13-11-9-7-2/h8,10,14-17,20-23,26-29,32-35,50H,6-7,9,11-13,18-19,24-25,30-31,36-49H2,1-5H3/p+1/b10-8+,16-14+,17-15+,22-20+,23-21+,28-26+,29-27+,34-32+,35-33+/t50-/m1/s1. The third-order valence-electron chi connectivity index (χ3n) is 9.29. The molecular weight excluding hydrogens is 798 g/mol. The first-order valence-electron chi connectivity index (χ1n) is 23.6. The molecule has 0 aliphatic rings. The van der Waals surface area contributed by atoms with E-state index in [9.17, 15) is 19.0 Å². The van der Waals surface area contributed by atoms with Crippen LogP contribution in [0.15, 0.2) is 109 Å². The van der Waals surface area contributed by atoms with Crippen LogP contribution in [0.5, 0.6) is 0 Å². The molecular formula is C52H87NO8P+. The number of phosphoric acid groups is 1. The summed E-state index contributed by atoms with van der Waals surface area (Å²) in [5.41, 5.74) is 0. The Morgan fingerprint density at radius 2 is 0.919 bits per heavy atom. The van der Waals surface area contributed by atoms with Crippen molar-refractivity contribution in [1.82, 2.24) is 0 Å². The van der Waals surface area contributed by atoms with E-state index in [-0.39, 0.29) is 26.1 Å². The second-order valence-corrected chi connectivity index (χ2v) is 17.9. The fraction of sp³-hybridized carbons (Fsp3) is 0.615. The molecule has 0 aromatic rings. The molecule has 0 bridgehead atoms. The number of ether oxygens (including phenoxy) is 2. The Bertz CT molecular complexity index is 1420. The molecule has 0 spiro atoms. The number of hydrogen-bond acceptors (Lipinski definition) is 7. The lowest BCUT2D eigenvalue weighted by molar-refractivity contribution is -0.870. The maximum Gasteiger partial charge on any atom is 0.472 e. The second-order valence-electron chi connectivity index (χ2n) is 16.4. The van der Waals surface area contributed by atoms with Gasteiger partial charge >= 0.3 is 19.8 Å². The Hall–Kier alpha value is -3.33. The van der Waals surface area contributed by atoms with Crippen molar-refractivity contribution in [1.29, 1.82) is 0 Å². The molecule has 0 amide bonds. The monoisotopic (exact) mass is 885 g/mol. The zero-order valence-corrected chi connectivity index (χ0v) is 40.4. The number of carbonyl (C=O) groups is 2. The Morgan fingerprint density at radius 3 is 1.34 bits per heavy atom. The summed E-state index contributed by atoms with van der Waals surface area (Å²) >= 11 is 0. The third-order valence-corrected chi connectivity index (χ3v) is 10.3. The van der Waals surface area contributed by atoms with Gasteiger partial charge in [0.2, 0.25) is 0 Å². The van der Waals surface area contributed by atoms with Crippen molar-refractivity contribution >= 4 is 19.8 Å². The minimum Gasteiger partial charge on any atom is -0.462 e. The van der Waals surface area contributed by atoms with E-state index >= 15 is 0 Å². The molecule has 0 aliphatic carbocycles.